The Bertz CT molecular complexity index is 123. The fourth-order valence-corrected chi connectivity index (χ4v) is 1.30. The minimum atomic E-state index is 0.212. The zero-order valence-electron chi connectivity index (χ0n) is 7.47. The van der Waals surface area contributed by atoms with E-state index < -0.39 is 0 Å². The first-order chi connectivity index (χ1) is 5.85. The van der Waals surface area contributed by atoms with Crippen LogP contribution in [0.4, 0.5) is 0 Å². The van der Waals surface area contributed by atoms with Gasteiger partial charge in [-0.1, -0.05) is 6.08 Å². The Hall–Kier alpha value is -0.300. The second-order valence-electron chi connectivity index (χ2n) is 2.95. The van der Waals surface area contributed by atoms with Crippen LogP contribution in [0.15, 0.2) is 12.7 Å². The van der Waals surface area contributed by atoms with Gasteiger partial charge in [0.05, 0.1) is 0 Å². The second kappa shape index (κ2) is 8.79. The molecule has 0 heterocycles. The van der Waals surface area contributed by atoms with Gasteiger partial charge in [-0.15, -0.1) is 18.2 Å². The standard InChI is InChI=1S/C10H17ClO/c1-2-3-4-6-10(9-12)7-5-8-11/h2,9-10H,1,3-8H2. The van der Waals surface area contributed by atoms with Gasteiger partial charge in [0.2, 0.25) is 0 Å². The number of halogens is 1. The summed E-state index contributed by atoms with van der Waals surface area (Å²) in [4.78, 5) is 10.5. The normalized spacial score (nSPS) is 12.4. The molecule has 0 amide bonds. The molecule has 0 rings (SSSR count). The highest BCUT2D eigenvalue weighted by Crippen LogP contribution is 2.12. The van der Waals surface area contributed by atoms with Crippen LogP contribution >= 0.6 is 11.6 Å². The van der Waals surface area contributed by atoms with Crippen molar-refractivity contribution in [3.05, 3.63) is 12.7 Å². The lowest BCUT2D eigenvalue weighted by Crippen LogP contribution is -2.02. The van der Waals surface area contributed by atoms with Gasteiger partial charge in [-0.05, 0) is 32.1 Å². The van der Waals surface area contributed by atoms with Gasteiger partial charge in [0.15, 0.2) is 0 Å². The molecule has 0 saturated heterocycles. The topological polar surface area (TPSA) is 17.1 Å². The molecule has 0 aromatic carbocycles. The smallest absolute Gasteiger partial charge is 0.123 e. The van der Waals surface area contributed by atoms with Gasteiger partial charge in [-0.3, -0.25) is 0 Å². The molecule has 0 aromatic heterocycles. The molecule has 0 radical (unpaired) electrons. The zero-order valence-corrected chi connectivity index (χ0v) is 8.22. The number of carbonyl (C=O) groups excluding carboxylic acids is 1. The minimum absolute atomic E-state index is 0.212. The van der Waals surface area contributed by atoms with Crippen LogP contribution in [0.3, 0.4) is 0 Å². The molecule has 1 atom stereocenters. The molecule has 2 heteroatoms. The van der Waals surface area contributed by atoms with Crippen LogP contribution in [0.5, 0.6) is 0 Å². The van der Waals surface area contributed by atoms with E-state index in [0.717, 1.165) is 38.4 Å². The van der Waals surface area contributed by atoms with Crippen molar-refractivity contribution in [2.75, 3.05) is 5.88 Å². The van der Waals surface area contributed by atoms with Gasteiger partial charge in [-0.2, -0.15) is 0 Å². The largest absolute Gasteiger partial charge is 0.303 e. The second-order valence-corrected chi connectivity index (χ2v) is 3.32. The first-order valence-electron chi connectivity index (χ1n) is 4.47. The van der Waals surface area contributed by atoms with E-state index in [9.17, 15) is 4.79 Å². The minimum Gasteiger partial charge on any atom is -0.303 e. The number of alkyl halides is 1. The molecule has 12 heavy (non-hydrogen) atoms. The van der Waals surface area contributed by atoms with Gasteiger partial charge in [0, 0.05) is 11.8 Å². The van der Waals surface area contributed by atoms with Crippen molar-refractivity contribution in [1.82, 2.24) is 0 Å². The number of carbonyl (C=O) groups is 1. The Morgan fingerprint density at radius 3 is 2.50 bits per heavy atom. The van der Waals surface area contributed by atoms with E-state index >= 15 is 0 Å². The van der Waals surface area contributed by atoms with Gasteiger partial charge < -0.3 is 4.79 Å². The summed E-state index contributed by atoms with van der Waals surface area (Å²) < 4.78 is 0. The summed E-state index contributed by atoms with van der Waals surface area (Å²) in [6.45, 7) is 3.64. The Balaban J connectivity index is 3.38. The van der Waals surface area contributed by atoms with Gasteiger partial charge >= 0.3 is 0 Å². The highest BCUT2D eigenvalue weighted by molar-refractivity contribution is 6.17. The molecular formula is C10H17ClO. The fourth-order valence-electron chi connectivity index (χ4n) is 1.14. The Morgan fingerprint density at radius 1 is 1.33 bits per heavy atom. The maximum absolute atomic E-state index is 10.5. The van der Waals surface area contributed by atoms with Crippen LogP contribution < -0.4 is 0 Å². The lowest BCUT2D eigenvalue weighted by Gasteiger charge is -2.06. The van der Waals surface area contributed by atoms with Crippen LogP contribution in [0.25, 0.3) is 0 Å². The SMILES string of the molecule is C=CCCCC(C=O)CCCCl. The van der Waals surface area contributed by atoms with Crippen molar-refractivity contribution in [3.63, 3.8) is 0 Å². The van der Waals surface area contributed by atoms with Crippen molar-refractivity contribution in [2.24, 2.45) is 5.92 Å². The summed E-state index contributed by atoms with van der Waals surface area (Å²) in [5, 5.41) is 0. The van der Waals surface area contributed by atoms with Crippen molar-refractivity contribution in [3.8, 4) is 0 Å². The quantitative estimate of drug-likeness (QED) is 0.248. The lowest BCUT2D eigenvalue weighted by atomic mass is 9.99. The van der Waals surface area contributed by atoms with Crippen molar-refractivity contribution < 1.29 is 4.79 Å². The Morgan fingerprint density at radius 2 is 2.00 bits per heavy atom. The summed E-state index contributed by atoms with van der Waals surface area (Å²) in [5.41, 5.74) is 0. The van der Waals surface area contributed by atoms with Gasteiger partial charge in [0.25, 0.3) is 0 Å². The monoisotopic (exact) mass is 188 g/mol. The third-order valence-electron chi connectivity index (χ3n) is 1.88. The van der Waals surface area contributed by atoms with E-state index in [0.29, 0.717) is 5.88 Å². The van der Waals surface area contributed by atoms with Crippen LogP contribution in [-0.2, 0) is 4.79 Å². The lowest BCUT2D eigenvalue weighted by molar-refractivity contribution is -0.111. The van der Waals surface area contributed by atoms with Crippen LogP contribution in [-0.4, -0.2) is 12.2 Å². The number of hydrogen-bond donors (Lipinski definition) is 0. The predicted molar refractivity (Wildman–Crippen MR) is 53.6 cm³/mol. The summed E-state index contributed by atoms with van der Waals surface area (Å²) in [6.07, 6.45) is 7.87. The van der Waals surface area contributed by atoms with Crippen molar-refractivity contribution >= 4 is 17.9 Å². The summed E-state index contributed by atoms with van der Waals surface area (Å²) in [7, 11) is 0. The molecule has 0 saturated carbocycles. The van der Waals surface area contributed by atoms with E-state index in [2.05, 4.69) is 6.58 Å². The fraction of sp³-hybridized carbons (Fsp3) is 0.700. The molecule has 70 valence electrons. The van der Waals surface area contributed by atoms with E-state index in [1.54, 1.807) is 0 Å². The molecule has 0 spiro atoms. The number of unbranched alkanes of at least 4 members (excludes halogenated alkanes) is 1. The molecule has 1 unspecified atom stereocenters. The first kappa shape index (κ1) is 11.7. The van der Waals surface area contributed by atoms with E-state index in [1.165, 1.54) is 0 Å². The molecule has 0 N–H and O–H groups in total. The maximum Gasteiger partial charge on any atom is 0.123 e. The zero-order chi connectivity index (χ0) is 9.23. The van der Waals surface area contributed by atoms with E-state index in [-0.39, 0.29) is 5.92 Å². The number of aldehydes is 1. The number of rotatable bonds is 8. The third kappa shape index (κ3) is 6.41. The first-order valence-corrected chi connectivity index (χ1v) is 5.00. The molecule has 0 aliphatic heterocycles. The predicted octanol–water partition coefficient (Wildman–Crippen LogP) is 3.18. The molecule has 0 aliphatic carbocycles. The van der Waals surface area contributed by atoms with E-state index in [1.807, 2.05) is 6.08 Å². The molecule has 0 aliphatic rings. The Kier molecular flexibility index (Phi) is 8.57. The third-order valence-corrected chi connectivity index (χ3v) is 2.15. The summed E-state index contributed by atoms with van der Waals surface area (Å²) in [5.74, 6) is 0.870. The molecule has 0 fully saturated rings. The van der Waals surface area contributed by atoms with Crippen LogP contribution in [0, 0.1) is 5.92 Å². The highest BCUT2D eigenvalue weighted by atomic mass is 35.5. The van der Waals surface area contributed by atoms with Crippen molar-refractivity contribution in [1.29, 1.82) is 0 Å². The molecule has 0 aromatic rings. The van der Waals surface area contributed by atoms with Crippen LogP contribution in [0.2, 0.25) is 0 Å². The van der Waals surface area contributed by atoms with Gasteiger partial charge in [0.1, 0.15) is 6.29 Å². The summed E-state index contributed by atoms with van der Waals surface area (Å²) >= 11 is 5.53. The molecule has 1 nitrogen and oxygen atoms in total. The van der Waals surface area contributed by atoms with Crippen molar-refractivity contribution in [2.45, 2.75) is 32.1 Å². The number of hydrogen-bond acceptors (Lipinski definition) is 1. The molecular weight excluding hydrogens is 172 g/mol. The Labute approximate surface area is 79.8 Å². The number of allylic oxidation sites excluding steroid dienone is 1. The average molecular weight is 189 g/mol. The maximum atomic E-state index is 10.5. The van der Waals surface area contributed by atoms with Gasteiger partial charge in [-0.25, -0.2) is 0 Å². The van der Waals surface area contributed by atoms with Crippen LogP contribution in [0.1, 0.15) is 32.1 Å². The average Bonchev–Trinajstić information content (AvgIpc) is 2.11. The molecule has 0 bridgehead atoms. The highest BCUT2D eigenvalue weighted by Gasteiger charge is 2.05. The van der Waals surface area contributed by atoms with E-state index in [4.69, 9.17) is 11.6 Å². The summed E-state index contributed by atoms with van der Waals surface area (Å²) in [6, 6.07) is 0.